The molecular weight excluding hydrogens is 314 g/mol. The van der Waals surface area contributed by atoms with Crippen molar-refractivity contribution in [2.24, 2.45) is 5.41 Å². The van der Waals surface area contributed by atoms with E-state index in [2.05, 4.69) is 22.9 Å². The molecule has 0 spiro atoms. The number of hydrogen-bond acceptors (Lipinski definition) is 5. The molecule has 0 aromatic heterocycles. The molecule has 5 N–H and O–H groups in total. The molecule has 5 heteroatoms. The Balaban J connectivity index is 1.84. The van der Waals surface area contributed by atoms with Crippen molar-refractivity contribution in [2.75, 3.05) is 26.7 Å². The number of benzene rings is 2. The van der Waals surface area contributed by atoms with Crippen LogP contribution in [0.25, 0.3) is 0 Å². The average molecular weight is 343 g/mol. The van der Waals surface area contributed by atoms with Gasteiger partial charge in [0, 0.05) is 49.3 Å². The smallest absolute Gasteiger partial charge is 0.120 e. The molecule has 0 amide bonds. The van der Waals surface area contributed by atoms with Gasteiger partial charge >= 0.3 is 0 Å². The highest BCUT2D eigenvalue weighted by Gasteiger charge is 2.23. The van der Waals surface area contributed by atoms with Crippen molar-refractivity contribution in [1.82, 2.24) is 16.0 Å². The van der Waals surface area contributed by atoms with Crippen molar-refractivity contribution in [1.29, 1.82) is 0 Å². The third-order valence-corrected chi connectivity index (χ3v) is 4.32. The van der Waals surface area contributed by atoms with Crippen molar-refractivity contribution >= 4 is 0 Å². The first-order valence-electron chi connectivity index (χ1n) is 8.64. The van der Waals surface area contributed by atoms with Crippen molar-refractivity contribution < 1.29 is 10.2 Å². The summed E-state index contributed by atoms with van der Waals surface area (Å²) in [6.45, 7) is 5.93. The van der Waals surface area contributed by atoms with Crippen LogP contribution in [0.1, 0.15) is 18.1 Å². The van der Waals surface area contributed by atoms with Crippen LogP contribution >= 0.6 is 0 Å². The van der Waals surface area contributed by atoms with Gasteiger partial charge < -0.3 is 26.2 Å². The Hall–Kier alpha value is -2.08. The summed E-state index contributed by atoms with van der Waals surface area (Å²) < 4.78 is 0. The van der Waals surface area contributed by atoms with E-state index < -0.39 is 0 Å². The minimum absolute atomic E-state index is 0.00352. The fourth-order valence-electron chi connectivity index (χ4n) is 2.93. The molecule has 0 unspecified atom stereocenters. The van der Waals surface area contributed by atoms with Crippen molar-refractivity contribution in [2.45, 2.75) is 20.0 Å². The number of rotatable bonds is 10. The van der Waals surface area contributed by atoms with Crippen LogP contribution in [0.2, 0.25) is 0 Å². The van der Waals surface area contributed by atoms with Crippen LogP contribution in [0, 0.1) is 5.41 Å². The maximum Gasteiger partial charge on any atom is 0.120 e. The molecule has 2 rings (SSSR count). The molecule has 0 saturated heterocycles. The second kappa shape index (κ2) is 9.42. The van der Waals surface area contributed by atoms with Crippen LogP contribution in [0.15, 0.2) is 48.5 Å². The van der Waals surface area contributed by atoms with E-state index in [-0.39, 0.29) is 5.41 Å². The van der Waals surface area contributed by atoms with Crippen LogP contribution in [-0.4, -0.2) is 36.9 Å². The summed E-state index contributed by atoms with van der Waals surface area (Å²) in [5.41, 5.74) is 1.80. The molecule has 25 heavy (non-hydrogen) atoms. The largest absolute Gasteiger partial charge is 0.508 e. The van der Waals surface area contributed by atoms with E-state index in [9.17, 15) is 10.2 Å². The second-order valence-electron chi connectivity index (χ2n) is 6.81. The number of aromatic hydroxyl groups is 2. The highest BCUT2D eigenvalue weighted by Crippen LogP contribution is 2.18. The van der Waals surface area contributed by atoms with Gasteiger partial charge in [0.2, 0.25) is 0 Å². The normalized spacial score (nSPS) is 11.6. The Morgan fingerprint density at radius 1 is 0.760 bits per heavy atom. The third kappa shape index (κ3) is 6.05. The molecule has 0 aliphatic rings. The van der Waals surface area contributed by atoms with E-state index in [1.54, 1.807) is 12.1 Å². The second-order valence-corrected chi connectivity index (χ2v) is 6.81. The van der Waals surface area contributed by atoms with Crippen molar-refractivity contribution in [3.8, 4) is 11.5 Å². The summed E-state index contributed by atoms with van der Waals surface area (Å²) in [6, 6.07) is 14.8. The maximum absolute atomic E-state index is 9.85. The van der Waals surface area contributed by atoms with Crippen LogP contribution in [0.5, 0.6) is 11.5 Å². The summed E-state index contributed by atoms with van der Waals surface area (Å²) in [5.74, 6) is 0.644. The minimum Gasteiger partial charge on any atom is -0.508 e. The fraction of sp³-hybridized carbons (Fsp3) is 0.400. The maximum atomic E-state index is 9.85. The van der Waals surface area contributed by atoms with Crippen LogP contribution in [-0.2, 0) is 13.1 Å². The first-order chi connectivity index (χ1) is 12.0. The minimum atomic E-state index is 0.00352. The van der Waals surface area contributed by atoms with Gasteiger partial charge in [0.15, 0.2) is 0 Å². The van der Waals surface area contributed by atoms with E-state index >= 15 is 0 Å². The topological polar surface area (TPSA) is 76.5 Å². The zero-order valence-corrected chi connectivity index (χ0v) is 15.0. The zero-order valence-electron chi connectivity index (χ0n) is 15.0. The highest BCUT2D eigenvalue weighted by atomic mass is 16.3. The van der Waals surface area contributed by atoms with E-state index in [4.69, 9.17) is 0 Å². The quantitative estimate of drug-likeness (QED) is 0.457. The number of hydrogen-bond donors (Lipinski definition) is 5. The van der Waals surface area contributed by atoms with Crippen LogP contribution in [0.3, 0.4) is 0 Å². The van der Waals surface area contributed by atoms with Gasteiger partial charge in [-0.25, -0.2) is 0 Å². The molecule has 2 aromatic carbocycles. The zero-order chi connectivity index (χ0) is 18.1. The van der Waals surface area contributed by atoms with E-state index in [0.717, 1.165) is 30.8 Å². The molecular formula is C20H29N3O2. The molecule has 0 bridgehead atoms. The van der Waals surface area contributed by atoms with Crippen LogP contribution < -0.4 is 16.0 Å². The average Bonchev–Trinajstić information content (AvgIpc) is 2.59. The highest BCUT2D eigenvalue weighted by molar-refractivity contribution is 5.32. The standard InChI is InChI=1S/C20H29N3O2/c1-20(13-21-2,14-22-11-16-7-3-5-9-18(16)24)15-23-12-17-8-4-6-10-19(17)25/h3-10,21-25H,11-15H2,1-2H3. The number of nitrogens with one attached hydrogen (secondary N) is 3. The van der Waals surface area contributed by atoms with Gasteiger partial charge in [0.25, 0.3) is 0 Å². The Morgan fingerprint density at radius 3 is 1.60 bits per heavy atom. The van der Waals surface area contributed by atoms with Gasteiger partial charge in [-0.1, -0.05) is 43.3 Å². The summed E-state index contributed by atoms with van der Waals surface area (Å²) in [4.78, 5) is 0. The number of phenols is 2. The lowest BCUT2D eigenvalue weighted by atomic mass is 9.90. The molecule has 0 atom stereocenters. The summed E-state index contributed by atoms with van der Waals surface area (Å²) in [7, 11) is 1.95. The third-order valence-electron chi connectivity index (χ3n) is 4.32. The molecule has 5 nitrogen and oxygen atoms in total. The fourth-order valence-corrected chi connectivity index (χ4v) is 2.93. The lowest BCUT2D eigenvalue weighted by Gasteiger charge is -2.30. The van der Waals surface area contributed by atoms with Gasteiger partial charge in [0.1, 0.15) is 11.5 Å². The molecule has 136 valence electrons. The predicted octanol–water partition coefficient (Wildman–Crippen LogP) is 2.20. The monoisotopic (exact) mass is 343 g/mol. The van der Waals surface area contributed by atoms with E-state index in [0.29, 0.717) is 24.6 Å². The van der Waals surface area contributed by atoms with Crippen molar-refractivity contribution in [3.05, 3.63) is 59.7 Å². The van der Waals surface area contributed by atoms with Gasteiger partial charge in [-0.2, -0.15) is 0 Å². The molecule has 0 heterocycles. The summed E-state index contributed by atoms with van der Waals surface area (Å²) in [5, 5.41) is 29.8. The summed E-state index contributed by atoms with van der Waals surface area (Å²) >= 11 is 0. The lowest BCUT2D eigenvalue weighted by Crippen LogP contribution is -2.45. The Labute approximate surface area is 150 Å². The summed E-state index contributed by atoms with van der Waals surface area (Å²) in [6.07, 6.45) is 0. The number of para-hydroxylation sites is 2. The van der Waals surface area contributed by atoms with E-state index in [1.165, 1.54) is 0 Å². The first kappa shape index (κ1) is 19.2. The Kier molecular flexibility index (Phi) is 7.25. The predicted molar refractivity (Wildman–Crippen MR) is 102 cm³/mol. The first-order valence-corrected chi connectivity index (χ1v) is 8.64. The molecule has 0 fully saturated rings. The van der Waals surface area contributed by atoms with Gasteiger partial charge in [0.05, 0.1) is 0 Å². The lowest BCUT2D eigenvalue weighted by molar-refractivity contribution is 0.278. The van der Waals surface area contributed by atoms with Gasteiger partial charge in [-0.3, -0.25) is 0 Å². The van der Waals surface area contributed by atoms with Crippen molar-refractivity contribution in [3.63, 3.8) is 0 Å². The molecule has 0 saturated carbocycles. The Bertz CT molecular complexity index is 609. The molecule has 0 radical (unpaired) electrons. The molecule has 0 aliphatic heterocycles. The molecule has 2 aromatic rings. The molecule has 0 aliphatic carbocycles. The van der Waals surface area contributed by atoms with E-state index in [1.807, 2.05) is 43.4 Å². The SMILES string of the molecule is CNCC(C)(CNCc1ccccc1O)CNCc1ccccc1O. The van der Waals surface area contributed by atoms with Gasteiger partial charge in [-0.15, -0.1) is 0 Å². The van der Waals surface area contributed by atoms with Gasteiger partial charge in [-0.05, 0) is 19.2 Å². The van der Waals surface area contributed by atoms with Crippen LogP contribution in [0.4, 0.5) is 0 Å². The Morgan fingerprint density at radius 2 is 1.20 bits per heavy atom. The number of phenolic OH excluding ortho intramolecular Hbond substituents is 2.